The molecule has 0 radical (unpaired) electrons. The Morgan fingerprint density at radius 3 is 2.54 bits per heavy atom. The first-order valence-electron chi connectivity index (χ1n) is 8.29. The second kappa shape index (κ2) is 8.32. The van der Waals surface area contributed by atoms with Crippen molar-refractivity contribution in [3.05, 3.63) is 70.7 Å². The van der Waals surface area contributed by atoms with Gasteiger partial charge in [-0.2, -0.15) is 5.26 Å². The molecule has 3 rings (SSSR count). The zero-order chi connectivity index (χ0) is 18.4. The number of nitrogens with zero attached hydrogens (tertiary/aromatic N) is 2. The third kappa shape index (κ3) is 4.11. The molecule has 2 aromatic carbocycles. The maximum atomic E-state index is 9.48. The number of hydrogen-bond donors (Lipinski definition) is 1. The highest BCUT2D eigenvalue weighted by Crippen LogP contribution is 2.26. The minimum Gasteiger partial charge on any atom is -0.497 e. The number of hydrogen-bond acceptors (Lipinski definition) is 5. The Morgan fingerprint density at radius 1 is 1.19 bits per heavy atom. The van der Waals surface area contributed by atoms with Crippen LogP contribution >= 0.6 is 11.3 Å². The summed E-state index contributed by atoms with van der Waals surface area (Å²) in [7, 11) is 1.63. The van der Waals surface area contributed by atoms with Crippen LogP contribution in [0.4, 0.5) is 5.69 Å². The van der Waals surface area contributed by atoms with Crippen molar-refractivity contribution in [2.75, 3.05) is 12.4 Å². The minimum atomic E-state index is 0.502. The van der Waals surface area contributed by atoms with Gasteiger partial charge in [0.25, 0.3) is 0 Å². The van der Waals surface area contributed by atoms with Crippen molar-refractivity contribution in [3.63, 3.8) is 0 Å². The van der Waals surface area contributed by atoms with Crippen molar-refractivity contribution in [2.45, 2.75) is 13.3 Å². The van der Waals surface area contributed by atoms with Crippen molar-refractivity contribution in [2.24, 2.45) is 0 Å². The van der Waals surface area contributed by atoms with Gasteiger partial charge in [0.05, 0.1) is 12.8 Å². The van der Waals surface area contributed by atoms with Gasteiger partial charge in [0.15, 0.2) is 0 Å². The summed E-state index contributed by atoms with van der Waals surface area (Å²) < 4.78 is 5.14. The first-order chi connectivity index (χ1) is 12.7. The summed E-state index contributed by atoms with van der Waals surface area (Å²) in [4.78, 5) is 4.61. The van der Waals surface area contributed by atoms with Crippen LogP contribution in [0.3, 0.4) is 0 Å². The van der Waals surface area contributed by atoms with E-state index in [1.807, 2.05) is 29.6 Å². The normalized spacial score (nSPS) is 11.0. The van der Waals surface area contributed by atoms with Crippen LogP contribution in [0, 0.1) is 11.3 Å². The zero-order valence-corrected chi connectivity index (χ0v) is 15.5. The number of aryl methyl sites for hydroxylation is 1. The summed E-state index contributed by atoms with van der Waals surface area (Å²) in [6, 6.07) is 18.1. The molecule has 1 N–H and O–H groups in total. The largest absolute Gasteiger partial charge is 0.497 e. The van der Waals surface area contributed by atoms with Crippen LogP contribution in [-0.2, 0) is 6.42 Å². The smallest absolute Gasteiger partial charge is 0.136 e. The monoisotopic (exact) mass is 361 g/mol. The van der Waals surface area contributed by atoms with Gasteiger partial charge in [-0.25, -0.2) is 4.98 Å². The Labute approximate surface area is 157 Å². The molecule has 0 amide bonds. The number of anilines is 1. The van der Waals surface area contributed by atoms with Gasteiger partial charge in [-0.3, -0.25) is 0 Å². The lowest BCUT2D eigenvalue weighted by Gasteiger charge is -2.03. The van der Waals surface area contributed by atoms with Crippen molar-refractivity contribution < 1.29 is 4.74 Å². The third-order valence-electron chi connectivity index (χ3n) is 3.99. The number of nitriles is 1. The summed E-state index contributed by atoms with van der Waals surface area (Å²) in [5.74, 6) is 0.790. The van der Waals surface area contributed by atoms with Gasteiger partial charge >= 0.3 is 0 Å². The highest BCUT2D eigenvalue weighted by Gasteiger charge is 2.09. The number of aromatic nitrogens is 1. The number of benzene rings is 2. The second-order valence-corrected chi connectivity index (χ2v) is 6.49. The van der Waals surface area contributed by atoms with Gasteiger partial charge in [0.2, 0.25) is 0 Å². The molecule has 0 aliphatic carbocycles. The third-order valence-corrected chi connectivity index (χ3v) is 4.86. The maximum absolute atomic E-state index is 9.48. The van der Waals surface area contributed by atoms with E-state index in [4.69, 9.17) is 4.74 Å². The molecule has 3 aromatic rings. The van der Waals surface area contributed by atoms with E-state index in [1.165, 1.54) is 16.9 Å². The minimum absolute atomic E-state index is 0.502. The zero-order valence-electron chi connectivity index (χ0n) is 14.7. The van der Waals surface area contributed by atoms with Crippen molar-refractivity contribution in [1.29, 1.82) is 5.26 Å². The Bertz CT molecular complexity index is 935. The number of methoxy groups -OCH3 is 1. The topological polar surface area (TPSA) is 57.9 Å². The fraction of sp³-hybridized carbons (Fsp3) is 0.143. The van der Waals surface area contributed by atoms with E-state index in [1.54, 1.807) is 13.3 Å². The van der Waals surface area contributed by atoms with Crippen LogP contribution in [0.25, 0.3) is 16.8 Å². The van der Waals surface area contributed by atoms with Gasteiger partial charge in [-0.15, -0.1) is 11.3 Å². The fourth-order valence-corrected chi connectivity index (χ4v) is 3.22. The molecule has 4 nitrogen and oxygen atoms in total. The Morgan fingerprint density at radius 2 is 1.92 bits per heavy atom. The van der Waals surface area contributed by atoms with Gasteiger partial charge < -0.3 is 10.1 Å². The Hall–Kier alpha value is -3.10. The lowest BCUT2D eigenvalue weighted by molar-refractivity contribution is 0.415. The van der Waals surface area contributed by atoms with Crippen LogP contribution in [0.15, 0.2) is 60.1 Å². The van der Waals surface area contributed by atoms with Gasteiger partial charge in [0.1, 0.15) is 22.4 Å². The first kappa shape index (κ1) is 17.7. The second-order valence-electron chi connectivity index (χ2n) is 5.63. The maximum Gasteiger partial charge on any atom is 0.136 e. The van der Waals surface area contributed by atoms with Crippen LogP contribution in [0.2, 0.25) is 0 Å². The van der Waals surface area contributed by atoms with E-state index >= 15 is 0 Å². The summed E-state index contributed by atoms with van der Waals surface area (Å²) >= 11 is 1.47. The van der Waals surface area contributed by atoms with E-state index in [0.29, 0.717) is 10.6 Å². The van der Waals surface area contributed by atoms with E-state index in [-0.39, 0.29) is 0 Å². The summed E-state index contributed by atoms with van der Waals surface area (Å²) in [6.07, 6.45) is 2.70. The van der Waals surface area contributed by atoms with Gasteiger partial charge in [0, 0.05) is 22.8 Å². The molecular formula is C21H19N3OS. The number of ether oxygens (including phenoxy) is 1. The molecule has 130 valence electrons. The lowest BCUT2D eigenvalue weighted by atomic mass is 10.1. The van der Waals surface area contributed by atoms with Crippen molar-refractivity contribution >= 4 is 22.6 Å². The SMILES string of the molecule is CCc1ccc(-c2csc(C(C#N)=CNc3ccc(OC)cc3)n2)cc1. The molecule has 0 spiro atoms. The quantitative estimate of drug-likeness (QED) is 0.601. The highest BCUT2D eigenvalue weighted by atomic mass is 32.1. The Balaban J connectivity index is 1.77. The average Bonchev–Trinajstić information content (AvgIpc) is 3.19. The molecule has 0 aliphatic heterocycles. The predicted octanol–water partition coefficient (Wildman–Crippen LogP) is 5.36. The molecule has 0 fully saturated rings. The highest BCUT2D eigenvalue weighted by molar-refractivity contribution is 7.11. The number of nitrogens with one attached hydrogen (secondary N) is 1. The lowest BCUT2D eigenvalue weighted by Crippen LogP contribution is -1.91. The first-order valence-corrected chi connectivity index (χ1v) is 9.17. The summed E-state index contributed by atoms with van der Waals surface area (Å²) in [6.45, 7) is 2.13. The van der Waals surface area contributed by atoms with Gasteiger partial charge in [-0.05, 0) is 36.2 Å². The fourth-order valence-electron chi connectivity index (χ4n) is 2.43. The number of allylic oxidation sites excluding steroid dienone is 1. The van der Waals surface area contributed by atoms with Gasteiger partial charge in [-0.1, -0.05) is 31.2 Å². The van der Waals surface area contributed by atoms with Crippen LogP contribution in [0.1, 0.15) is 17.5 Å². The molecule has 26 heavy (non-hydrogen) atoms. The molecule has 0 atom stereocenters. The molecule has 0 saturated heterocycles. The number of rotatable bonds is 6. The standard InChI is InChI=1S/C21H19N3OS/c1-3-15-4-6-16(7-5-15)20-14-26-21(24-20)17(12-22)13-23-18-8-10-19(25-2)11-9-18/h4-11,13-14,23H,3H2,1-2H3. The van der Waals surface area contributed by atoms with E-state index in [0.717, 1.165) is 29.1 Å². The van der Waals surface area contributed by atoms with Crippen molar-refractivity contribution in [1.82, 2.24) is 4.98 Å². The summed E-state index contributed by atoms with van der Waals surface area (Å²) in [5.41, 5.74) is 4.63. The van der Waals surface area contributed by atoms with Crippen LogP contribution in [-0.4, -0.2) is 12.1 Å². The summed E-state index contributed by atoms with van der Waals surface area (Å²) in [5, 5.41) is 15.3. The van der Waals surface area contributed by atoms with E-state index in [2.05, 4.69) is 47.6 Å². The molecule has 1 aromatic heterocycles. The molecule has 0 bridgehead atoms. The molecule has 0 saturated carbocycles. The van der Waals surface area contributed by atoms with Crippen LogP contribution in [0.5, 0.6) is 5.75 Å². The van der Waals surface area contributed by atoms with E-state index in [9.17, 15) is 5.26 Å². The van der Waals surface area contributed by atoms with E-state index < -0.39 is 0 Å². The van der Waals surface area contributed by atoms with Crippen LogP contribution < -0.4 is 10.1 Å². The molecule has 0 unspecified atom stereocenters. The molecule has 0 aliphatic rings. The predicted molar refractivity (Wildman–Crippen MR) is 107 cm³/mol. The molecule has 5 heteroatoms. The number of thiazole rings is 1. The Kier molecular flexibility index (Phi) is 5.67. The average molecular weight is 361 g/mol. The van der Waals surface area contributed by atoms with Crippen molar-refractivity contribution in [3.8, 4) is 23.1 Å². The molecule has 1 heterocycles. The molecular weight excluding hydrogens is 342 g/mol.